The first-order valence-corrected chi connectivity index (χ1v) is 7.22. The Labute approximate surface area is 124 Å². The first-order chi connectivity index (χ1) is 10.2. The minimum Gasteiger partial charge on any atom is -0.380 e. The van der Waals surface area contributed by atoms with Crippen LogP contribution < -0.4 is 0 Å². The Morgan fingerprint density at radius 3 is 2.95 bits per heavy atom. The summed E-state index contributed by atoms with van der Waals surface area (Å²) in [5.41, 5.74) is 2.50. The molecule has 1 N–H and O–H groups in total. The number of methoxy groups -OCH3 is 1. The van der Waals surface area contributed by atoms with E-state index in [1.54, 1.807) is 7.11 Å². The molecule has 1 aliphatic heterocycles. The second kappa shape index (κ2) is 5.91. The highest BCUT2D eigenvalue weighted by atomic mass is 16.5. The highest BCUT2D eigenvalue weighted by Crippen LogP contribution is 2.33. The number of rotatable bonds is 4. The predicted octanol–water partition coefficient (Wildman–Crippen LogP) is 1.78. The molecule has 0 spiro atoms. The average molecular weight is 287 g/mol. The summed E-state index contributed by atoms with van der Waals surface area (Å²) in [7, 11) is 1.77. The third-order valence-electron chi connectivity index (χ3n) is 4.13. The zero-order chi connectivity index (χ0) is 14.8. The Hall–Kier alpha value is -1.79. The SMILES string of the molecule is CO[C@@H]1C[C@@H](c2n[nH]c(C)n2)N(Cc2cnccc2C)C1. The maximum absolute atomic E-state index is 5.54. The van der Waals surface area contributed by atoms with Crippen molar-refractivity contribution in [1.29, 1.82) is 0 Å². The standard InChI is InChI=1S/C15H21N5O/c1-10-4-5-16-7-12(10)8-20-9-13(21-3)6-14(20)15-17-11(2)18-19-15/h4-5,7,13-14H,6,8-9H2,1-3H3,(H,17,18,19)/t13-,14+/m1/s1. The molecular weight excluding hydrogens is 266 g/mol. The second-order valence-electron chi connectivity index (χ2n) is 5.62. The zero-order valence-electron chi connectivity index (χ0n) is 12.7. The van der Waals surface area contributed by atoms with E-state index >= 15 is 0 Å². The fraction of sp³-hybridized carbons (Fsp3) is 0.533. The molecule has 1 fully saturated rings. The van der Waals surface area contributed by atoms with Crippen LogP contribution in [0.1, 0.15) is 35.2 Å². The molecule has 3 rings (SSSR count). The lowest BCUT2D eigenvalue weighted by atomic mass is 10.1. The van der Waals surface area contributed by atoms with E-state index in [-0.39, 0.29) is 12.1 Å². The summed E-state index contributed by atoms with van der Waals surface area (Å²) in [6.07, 6.45) is 4.92. The van der Waals surface area contributed by atoms with Crippen molar-refractivity contribution in [3.63, 3.8) is 0 Å². The van der Waals surface area contributed by atoms with Gasteiger partial charge >= 0.3 is 0 Å². The molecular formula is C15H21N5O. The van der Waals surface area contributed by atoms with Gasteiger partial charge in [-0.15, -0.1) is 0 Å². The van der Waals surface area contributed by atoms with Crippen molar-refractivity contribution in [2.75, 3.05) is 13.7 Å². The minimum absolute atomic E-state index is 0.194. The molecule has 2 aromatic rings. The number of ether oxygens (including phenoxy) is 1. The van der Waals surface area contributed by atoms with Crippen molar-refractivity contribution in [2.24, 2.45) is 0 Å². The van der Waals surface area contributed by atoms with Crippen molar-refractivity contribution < 1.29 is 4.74 Å². The Kier molecular flexibility index (Phi) is 3.98. The smallest absolute Gasteiger partial charge is 0.167 e. The number of aryl methyl sites for hydroxylation is 2. The summed E-state index contributed by atoms with van der Waals surface area (Å²) < 4.78 is 5.54. The van der Waals surface area contributed by atoms with Crippen LogP contribution in [0, 0.1) is 13.8 Å². The maximum atomic E-state index is 5.54. The maximum Gasteiger partial charge on any atom is 0.167 e. The number of nitrogens with one attached hydrogen (secondary N) is 1. The van der Waals surface area contributed by atoms with Crippen molar-refractivity contribution in [3.8, 4) is 0 Å². The van der Waals surface area contributed by atoms with E-state index in [1.165, 1.54) is 11.1 Å². The van der Waals surface area contributed by atoms with E-state index in [2.05, 4.69) is 32.0 Å². The molecule has 112 valence electrons. The monoisotopic (exact) mass is 287 g/mol. The van der Waals surface area contributed by atoms with Crippen molar-refractivity contribution in [3.05, 3.63) is 41.2 Å². The highest BCUT2D eigenvalue weighted by Gasteiger charge is 2.35. The number of pyridine rings is 1. The molecule has 0 saturated carbocycles. The molecule has 3 heterocycles. The third kappa shape index (κ3) is 2.96. The van der Waals surface area contributed by atoms with Crippen LogP contribution in [0.5, 0.6) is 0 Å². The first kappa shape index (κ1) is 14.2. The molecule has 0 aromatic carbocycles. The predicted molar refractivity (Wildman–Crippen MR) is 78.7 cm³/mol. The van der Waals surface area contributed by atoms with Gasteiger partial charge in [0.2, 0.25) is 0 Å². The van der Waals surface area contributed by atoms with E-state index in [9.17, 15) is 0 Å². The number of likely N-dealkylation sites (tertiary alicyclic amines) is 1. The molecule has 1 saturated heterocycles. The Bertz CT molecular complexity index is 612. The Morgan fingerprint density at radius 2 is 2.29 bits per heavy atom. The number of nitrogens with zero attached hydrogens (tertiary/aromatic N) is 4. The van der Waals surface area contributed by atoms with Gasteiger partial charge in [-0.25, -0.2) is 4.98 Å². The highest BCUT2D eigenvalue weighted by molar-refractivity contribution is 5.22. The van der Waals surface area contributed by atoms with Gasteiger partial charge in [0, 0.05) is 32.6 Å². The van der Waals surface area contributed by atoms with E-state index in [0.29, 0.717) is 0 Å². The van der Waals surface area contributed by atoms with Crippen LogP contribution >= 0.6 is 0 Å². The summed E-state index contributed by atoms with van der Waals surface area (Å²) in [6, 6.07) is 2.24. The van der Waals surface area contributed by atoms with Crippen LogP contribution in [0.2, 0.25) is 0 Å². The number of hydrogen-bond donors (Lipinski definition) is 1. The van der Waals surface area contributed by atoms with Crippen LogP contribution in [-0.2, 0) is 11.3 Å². The molecule has 0 radical (unpaired) electrons. The summed E-state index contributed by atoms with van der Waals surface area (Å²) in [4.78, 5) is 11.1. The van der Waals surface area contributed by atoms with Crippen LogP contribution in [0.25, 0.3) is 0 Å². The molecule has 6 nitrogen and oxygen atoms in total. The largest absolute Gasteiger partial charge is 0.380 e. The number of aromatic nitrogens is 4. The van der Waals surface area contributed by atoms with Crippen molar-refractivity contribution in [1.82, 2.24) is 25.1 Å². The summed E-state index contributed by atoms with van der Waals surface area (Å²) in [5, 5.41) is 7.27. The molecule has 0 aliphatic carbocycles. The Morgan fingerprint density at radius 1 is 1.43 bits per heavy atom. The van der Waals surface area contributed by atoms with Gasteiger partial charge in [0.25, 0.3) is 0 Å². The van der Waals surface area contributed by atoms with E-state index in [1.807, 2.05) is 25.4 Å². The van der Waals surface area contributed by atoms with E-state index in [4.69, 9.17) is 4.74 Å². The first-order valence-electron chi connectivity index (χ1n) is 7.22. The fourth-order valence-electron chi connectivity index (χ4n) is 2.87. The number of H-pyrrole nitrogens is 1. The summed E-state index contributed by atoms with van der Waals surface area (Å²) in [5.74, 6) is 1.71. The van der Waals surface area contributed by atoms with Gasteiger partial charge in [0.1, 0.15) is 5.82 Å². The lowest BCUT2D eigenvalue weighted by Crippen LogP contribution is -2.25. The van der Waals surface area contributed by atoms with Gasteiger partial charge < -0.3 is 4.74 Å². The number of hydrogen-bond acceptors (Lipinski definition) is 5. The van der Waals surface area contributed by atoms with Crippen LogP contribution in [-0.4, -0.2) is 44.8 Å². The van der Waals surface area contributed by atoms with Crippen molar-refractivity contribution >= 4 is 0 Å². The van der Waals surface area contributed by atoms with Crippen LogP contribution in [0.3, 0.4) is 0 Å². The van der Waals surface area contributed by atoms with Gasteiger partial charge in [0.15, 0.2) is 5.82 Å². The zero-order valence-corrected chi connectivity index (χ0v) is 12.7. The van der Waals surface area contributed by atoms with Crippen LogP contribution in [0.15, 0.2) is 18.5 Å². The quantitative estimate of drug-likeness (QED) is 0.928. The molecule has 21 heavy (non-hydrogen) atoms. The van der Waals surface area contributed by atoms with Gasteiger partial charge in [-0.05, 0) is 37.5 Å². The lowest BCUT2D eigenvalue weighted by Gasteiger charge is -2.22. The second-order valence-corrected chi connectivity index (χ2v) is 5.62. The average Bonchev–Trinajstić information content (AvgIpc) is 3.07. The van der Waals surface area contributed by atoms with Crippen LogP contribution in [0.4, 0.5) is 0 Å². The molecule has 0 bridgehead atoms. The topological polar surface area (TPSA) is 66.9 Å². The number of aromatic amines is 1. The van der Waals surface area contributed by atoms with Gasteiger partial charge in [-0.1, -0.05) is 0 Å². The molecule has 2 aromatic heterocycles. The Balaban J connectivity index is 1.82. The molecule has 6 heteroatoms. The minimum atomic E-state index is 0.194. The van der Waals surface area contributed by atoms with Gasteiger partial charge in [0.05, 0.1) is 12.1 Å². The molecule has 0 unspecified atom stereocenters. The lowest BCUT2D eigenvalue weighted by molar-refractivity contribution is 0.107. The summed E-state index contributed by atoms with van der Waals surface area (Å²) >= 11 is 0. The molecule has 2 atom stereocenters. The molecule has 1 aliphatic rings. The van der Waals surface area contributed by atoms with E-state index in [0.717, 1.165) is 31.2 Å². The van der Waals surface area contributed by atoms with E-state index < -0.39 is 0 Å². The summed E-state index contributed by atoms with van der Waals surface area (Å²) in [6.45, 7) is 5.78. The third-order valence-corrected chi connectivity index (χ3v) is 4.13. The molecule has 0 amide bonds. The van der Waals surface area contributed by atoms with Gasteiger partial charge in [-0.2, -0.15) is 5.10 Å². The van der Waals surface area contributed by atoms with Crippen molar-refractivity contribution in [2.45, 2.75) is 39.0 Å². The van der Waals surface area contributed by atoms with Gasteiger partial charge in [-0.3, -0.25) is 15.0 Å². The fourth-order valence-corrected chi connectivity index (χ4v) is 2.87. The normalized spacial score (nSPS) is 22.8.